The van der Waals surface area contributed by atoms with E-state index in [0.717, 1.165) is 22.6 Å². The van der Waals surface area contributed by atoms with Gasteiger partial charge in [0.05, 0.1) is 0 Å². The highest BCUT2D eigenvalue weighted by molar-refractivity contribution is 5.63. The Morgan fingerprint density at radius 2 is 1.81 bits per heavy atom. The van der Waals surface area contributed by atoms with Crippen LogP contribution >= 0.6 is 0 Å². The Balaban J connectivity index is 1.83. The molecule has 112 valence electrons. The van der Waals surface area contributed by atoms with Gasteiger partial charge in [0.15, 0.2) is 5.82 Å². The topological polar surface area (TPSA) is 64.9 Å². The van der Waals surface area contributed by atoms with Gasteiger partial charge in [0.25, 0.3) is 5.89 Å². The van der Waals surface area contributed by atoms with Gasteiger partial charge in [-0.3, -0.25) is 0 Å². The van der Waals surface area contributed by atoms with Gasteiger partial charge in [-0.05, 0) is 37.5 Å². The minimum Gasteiger partial charge on any atom is -0.399 e. The van der Waals surface area contributed by atoms with Gasteiger partial charge in [0.2, 0.25) is 0 Å². The molecule has 0 atom stereocenters. The van der Waals surface area contributed by atoms with Crippen LogP contribution in [-0.2, 0) is 0 Å². The third-order valence-electron chi connectivity index (χ3n) is 4.40. The molecule has 1 heterocycles. The lowest BCUT2D eigenvalue weighted by Crippen LogP contribution is -2.04. The lowest BCUT2D eigenvalue weighted by molar-refractivity contribution is 0.393. The summed E-state index contributed by atoms with van der Waals surface area (Å²) in [5.74, 6) is 1.91. The molecular formula is C17H23N3O. The minimum absolute atomic E-state index is 0.448. The molecule has 1 aliphatic carbocycles. The van der Waals surface area contributed by atoms with Crippen LogP contribution in [0.4, 0.5) is 5.69 Å². The molecule has 2 N–H and O–H groups in total. The zero-order chi connectivity index (χ0) is 14.7. The molecule has 0 spiro atoms. The second-order valence-electron chi connectivity index (χ2n) is 6.07. The molecule has 0 amide bonds. The van der Waals surface area contributed by atoms with Crippen molar-refractivity contribution >= 4 is 5.69 Å². The van der Waals surface area contributed by atoms with Crippen LogP contribution in [0.2, 0.25) is 0 Å². The van der Waals surface area contributed by atoms with Crippen molar-refractivity contribution < 1.29 is 4.52 Å². The van der Waals surface area contributed by atoms with Crippen molar-refractivity contribution in [3.63, 3.8) is 0 Å². The van der Waals surface area contributed by atoms with Gasteiger partial charge in [-0.25, -0.2) is 0 Å². The first-order chi connectivity index (χ1) is 10.2. The Morgan fingerprint density at radius 3 is 2.57 bits per heavy atom. The van der Waals surface area contributed by atoms with Crippen LogP contribution in [0.15, 0.2) is 22.7 Å². The quantitative estimate of drug-likeness (QED) is 0.828. The van der Waals surface area contributed by atoms with Crippen LogP contribution in [-0.4, -0.2) is 10.1 Å². The van der Waals surface area contributed by atoms with Crippen molar-refractivity contribution in [3.8, 4) is 11.5 Å². The number of nitrogens with two attached hydrogens (primary N) is 1. The van der Waals surface area contributed by atoms with E-state index in [-0.39, 0.29) is 0 Å². The number of hydrogen-bond acceptors (Lipinski definition) is 4. The van der Waals surface area contributed by atoms with Crippen molar-refractivity contribution in [2.24, 2.45) is 0 Å². The second-order valence-corrected chi connectivity index (χ2v) is 6.07. The Bertz CT molecular complexity index is 598. The number of aromatic nitrogens is 2. The van der Waals surface area contributed by atoms with Gasteiger partial charge in [0.1, 0.15) is 0 Å². The number of nitrogens with zero attached hydrogens (tertiary/aromatic N) is 2. The van der Waals surface area contributed by atoms with Crippen LogP contribution in [0.5, 0.6) is 0 Å². The third kappa shape index (κ3) is 3.26. The first-order valence-electron chi connectivity index (χ1n) is 7.94. The number of aryl methyl sites for hydroxylation is 1. The summed E-state index contributed by atoms with van der Waals surface area (Å²) in [6.07, 6.45) is 8.92. The highest BCUT2D eigenvalue weighted by atomic mass is 16.5. The van der Waals surface area contributed by atoms with Crippen LogP contribution < -0.4 is 5.73 Å². The standard InChI is InChI=1S/C17H23N3O/c1-12-9-10-14(18)11-15(12)17-19-16(20-21-17)13-7-5-3-2-4-6-8-13/h9-11,13H,2-8,18H2,1H3. The van der Waals surface area contributed by atoms with Crippen molar-refractivity contribution in [2.75, 3.05) is 5.73 Å². The zero-order valence-corrected chi connectivity index (χ0v) is 12.6. The molecule has 1 fully saturated rings. The van der Waals surface area contributed by atoms with Crippen LogP contribution in [0, 0.1) is 6.92 Å². The number of benzene rings is 1. The summed E-state index contributed by atoms with van der Waals surface area (Å²) < 4.78 is 5.50. The zero-order valence-electron chi connectivity index (χ0n) is 12.6. The maximum Gasteiger partial charge on any atom is 0.258 e. The summed E-state index contributed by atoms with van der Waals surface area (Å²) in [6.45, 7) is 2.04. The molecule has 1 aliphatic rings. The maximum absolute atomic E-state index is 5.86. The highest BCUT2D eigenvalue weighted by Gasteiger charge is 2.20. The first-order valence-corrected chi connectivity index (χ1v) is 7.94. The van der Waals surface area contributed by atoms with Gasteiger partial charge in [-0.2, -0.15) is 4.98 Å². The fourth-order valence-electron chi connectivity index (χ4n) is 3.09. The summed E-state index contributed by atoms with van der Waals surface area (Å²) in [4.78, 5) is 4.65. The average molecular weight is 285 g/mol. The molecule has 21 heavy (non-hydrogen) atoms. The summed E-state index contributed by atoms with van der Waals surface area (Å²) in [7, 11) is 0. The second kappa shape index (κ2) is 6.29. The maximum atomic E-state index is 5.86. The van der Waals surface area contributed by atoms with Gasteiger partial charge < -0.3 is 10.3 Å². The smallest absolute Gasteiger partial charge is 0.258 e. The molecule has 0 saturated heterocycles. The minimum atomic E-state index is 0.448. The molecular weight excluding hydrogens is 262 g/mol. The van der Waals surface area contributed by atoms with E-state index >= 15 is 0 Å². The predicted molar refractivity (Wildman–Crippen MR) is 83.9 cm³/mol. The van der Waals surface area contributed by atoms with Gasteiger partial charge in [-0.15, -0.1) is 0 Å². The molecule has 1 aromatic heterocycles. The summed E-state index contributed by atoms with van der Waals surface area (Å²) in [6, 6.07) is 5.79. The average Bonchev–Trinajstić information content (AvgIpc) is 2.90. The van der Waals surface area contributed by atoms with E-state index < -0.39 is 0 Å². The fourth-order valence-corrected chi connectivity index (χ4v) is 3.09. The van der Waals surface area contributed by atoms with E-state index in [1.54, 1.807) is 0 Å². The molecule has 0 unspecified atom stereocenters. The molecule has 4 nitrogen and oxygen atoms in total. The van der Waals surface area contributed by atoms with E-state index in [0.29, 0.717) is 11.8 Å². The normalized spacial score (nSPS) is 17.4. The van der Waals surface area contributed by atoms with E-state index in [1.165, 1.54) is 44.9 Å². The summed E-state index contributed by atoms with van der Waals surface area (Å²) in [5, 5.41) is 4.23. The number of nitrogen functional groups attached to an aromatic ring is 1. The van der Waals surface area contributed by atoms with E-state index in [4.69, 9.17) is 10.3 Å². The number of hydrogen-bond donors (Lipinski definition) is 1. The molecule has 0 radical (unpaired) electrons. The molecule has 4 heteroatoms. The van der Waals surface area contributed by atoms with Gasteiger partial charge in [-0.1, -0.05) is 43.3 Å². The Morgan fingerprint density at radius 1 is 1.10 bits per heavy atom. The Kier molecular flexibility index (Phi) is 4.23. The van der Waals surface area contributed by atoms with Crippen molar-refractivity contribution in [2.45, 2.75) is 57.8 Å². The summed E-state index contributed by atoms with van der Waals surface area (Å²) in [5.41, 5.74) is 8.64. The van der Waals surface area contributed by atoms with Crippen LogP contribution in [0.3, 0.4) is 0 Å². The Labute approximate surface area is 125 Å². The van der Waals surface area contributed by atoms with Crippen LogP contribution in [0.1, 0.15) is 62.3 Å². The largest absolute Gasteiger partial charge is 0.399 e. The third-order valence-corrected chi connectivity index (χ3v) is 4.40. The molecule has 1 saturated carbocycles. The molecule has 3 rings (SSSR count). The molecule has 0 aliphatic heterocycles. The van der Waals surface area contributed by atoms with Gasteiger partial charge in [0, 0.05) is 17.2 Å². The number of anilines is 1. The van der Waals surface area contributed by atoms with Gasteiger partial charge >= 0.3 is 0 Å². The molecule has 0 bridgehead atoms. The van der Waals surface area contributed by atoms with Crippen molar-refractivity contribution in [3.05, 3.63) is 29.6 Å². The first kappa shape index (κ1) is 14.1. The van der Waals surface area contributed by atoms with Crippen molar-refractivity contribution in [1.29, 1.82) is 0 Å². The van der Waals surface area contributed by atoms with E-state index in [2.05, 4.69) is 10.1 Å². The summed E-state index contributed by atoms with van der Waals surface area (Å²) >= 11 is 0. The van der Waals surface area contributed by atoms with E-state index in [1.807, 2.05) is 25.1 Å². The van der Waals surface area contributed by atoms with Crippen molar-refractivity contribution in [1.82, 2.24) is 10.1 Å². The lowest BCUT2D eigenvalue weighted by Gasteiger charge is -2.15. The molecule has 1 aromatic carbocycles. The fraction of sp³-hybridized carbons (Fsp3) is 0.529. The SMILES string of the molecule is Cc1ccc(N)cc1-c1nc(C2CCCCCCC2)no1. The monoisotopic (exact) mass is 285 g/mol. The highest BCUT2D eigenvalue weighted by Crippen LogP contribution is 2.31. The molecule has 2 aromatic rings. The van der Waals surface area contributed by atoms with Crippen LogP contribution in [0.25, 0.3) is 11.5 Å². The van der Waals surface area contributed by atoms with E-state index in [9.17, 15) is 0 Å². The predicted octanol–water partition coefficient (Wildman–Crippen LogP) is 4.46. The Hall–Kier alpha value is -1.84. The lowest BCUT2D eigenvalue weighted by atomic mass is 9.91. The number of rotatable bonds is 2.